The molecule has 0 N–H and O–H groups in total. The van der Waals surface area contributed by atoms with E-state index in [9.17, 15) is 28.1 Å². The van der Waals surface area contributed by atoms with Crippen LogP contribution in [0.1, 0.15) is 15.9 Å². The van der Waals surface area contributed by atoms with Crippen molar-refractivity contribution in [2.45, 2.75) is 6.18 Å². The first kappa shape index (κ1) is 21.9. The van der Waals surface area contributed by atoms with E-state index >= 15 is 0 Å². The highest BCUT2D eigenvalue weighted by atomic mass is 79.9. The Bertz CT molecular complexity index is 976. The van der Waals surface area contributed by atoms with Crippen molar-refractivity contribution >= 4 is 33.2 Å². The fourth-order valence-corrected chi connectivity index (χ4v) is 3.65. The van der Waals surface area contributed by atoms with E-state index < -0.39 is 22.4 Å². The number of methoxy groups -OCH3 is 1. The number of anilines is 1. The number of carbonyl (C=O) groups is 1. The summed E-state index contributed by atoms with van der Waals surface area (Å²) in [6.07, 6.45) is -4.67. The number of benzene rings is 2. The molecular weight excluding hydrogens is 471 g/mol. The van der Waals surface area contributed by atoms with Crippen LogP contribution in [-0.4, -0.2) is 49.0 Å². The van der Waals surface area contributed by atoms with Crippen molar-refractivity contribution in [2.24, 2.45) is 0 Å². The number of alkyl halides is 3. The van der Waals surface area contributed by atoms with E-state index in [1.165, 1.54) is 7.11 Å². The lowest BCUT2D eigenvalue weighted by atomic mass is 10.1. The van der Waals surface area contributed by atoms with Crippen molar-refractivity contribution in [3.63, 3.8) is 0 Å². The molecule has 1 heterocycles. The molecule has 0 unspecified atom stereocenters. The second-order valence-corrected chi connectivity index (χ2v) is 7.44. The molecule has 0 spiro atoms. The summed E-state index contributed by atoms with van der Waals surface area (Å²) in [5.74, 6) is 0.294. The van der Waals surface area contributed by atoms with Crippen molar-refractivity contribution in [1.29, 1.82) is 0 Å². The third-order valence-electron chi connectivity index (χ3n) is 4.81. The minimum Gasteiger partial charge on any atom is -0.497 e. The summed E-state index contributed by atoms with van der Waals surface area (Å²) in [7, 11) is 1.49. The Kier molecular flexibility index (Phi) is 6.20. The first-order valence-electron chi connectivity index (χ1n) is 8.85. The average molecular weight is 488 g/mol. The van der Waals surface area contributed by atoms with Crippen LogP contribution in [0.25, 0.3) is 0 Å². The van der Waals surface area contributed by atoms with Gasteiger partial charge in [-0.2, -0.15) is 13.2 Å². The van der Waals surface area contributed by atoms with Gasteiger partial charge in [0.2, 0.25) is 0 Å². The molecule has 0 bridgehead atoms. The van der Waals surface area contributed by atoms with Crippen LogP contribution in [0.2, 0.25) is 0 Å². The van der Waals surface area contributed by atoms with Gasteiger partial charge in [-0.25, -0.2) is 0 Å². The largest absolute Gasteiger partial charge is 0.497 e. The number of nitrogens with zero attached hydrogens (tertiary/aromatic N) is 3. The summed E-state index contributed by atoms with van der Waals surface area (Å²) in [4.78, 5) is 26.6. The molecule has 1 fully saturated rings. The van der Waals surface area contributed by atoms with E-state index in [4.69, 9.17) is 4.74 Å². The third kappa shape index (κ3) is 4.50. The summed E-state index contributed by atoms with van der Waals surface area (Å²) in [5.41, 5.74) is -1.17. The molecule has 1 aliphatic rings. The molecule has 11 heteroatoms. The Hall–Kier alpha value is -2.82. The number of hydrogen-bond acceptors (Lipinski definition) is 5. The molecule has 0 saturated carbocycles. The van der Waals surface area contributed by atoms with Gasteiger partial charge >= 0.3 is 6.18 Å². The molecule has 0 aliphatic carbocycles. The van der Waals surface area contributed by atoms with Crippen molar-refractivity contribution in [2.75, 3.05) is 38.2 Å². The Morgan fingerprint density at radius 1 is 1.13 bits per heavy atom. The first-order valence-corrected chi connectivity index (χ1v) is 9.64. The second kappa shape index (κ2) is 8.50. The maximum absolute atomic E-state index is 12.9. The van der Waals surface area contributed by atoms with Crippen LogP contribution in [0.5, 0.6) is 5.75 Å². The number of amides is 1. The van der Waals surface area contributed by atoms with Gasteiger partial charge < -0.3 is 14.5 Å². The SMILES string of the molecule is COc1ccc(Br)c(C(=O)N2CCN(c3ccc(C(F)(F)F)cc3[N+](=O)[O-])CC2)c1. The highest BCUT2D eigenvalue weighted by Crippen LogP contribution is 2.37. The van der Waals surface area contributed by atoms with E-state index in [0.717, 1.165) is 12.1 Å². The third-order valence-corrected chi connectivity index (χ3v) is 5.50. The lowest BCUT2D eigenvalue weighted by molar-refractivity contribution is -0.384. The van der Waals surface area contributed by atoms with Crippen molar-refractivity contribution in [3.05, 3.63) is 62.1 Å². The second-order valence-electron chi connectivity index (χ2n) is 6.58. The van der Waals surface area contributed by atoms with Crippen molar-refractivity contribution < 1.29 is 27.6 Å². The number of nitro groups is 1. The number of hydrogen-bond donors (Lipinski definition) is 0. The van der Waals surface area contributed by atoms with Gasteiger partial charge in [-0.05, 0) is 46.3 Å². The summed E-state index contributed by atoms with van der Waals surface area (Å²) in [5, 5.41) is 11.3. The van der Waals surface area contributed by atoms with E-state index in [-0.39, 0.29) is 37.8 Å². The fraction of sp³-hybridized carbons (Fsp3) is 0.316. The number of ether oxygens (including phenoxy) is 1. The highest BCUT2D eigenvalue weighted by molar-refractivity contribution is 9.10. The normalized spacial score (nSPS) is 14.6. The zero-order valence-electron chi connectivity index (χ0n) is 15.8. The summed E-state index contributed by atoms with van der Waals surface area (Å²) >= 11 is 3.34. The van der Waals surface area contributed by atoms with Crippen LogP contribution in [0, 0.1) is 10.1 Å². The lowest BCUT2D eigenvalue weighted by Crippen LogP contribution is -2.49. The van der Waals surface area contributed by atoms with Crippen LogP contribution in [0.4, 0.5) is 24.5 Å². The van der Waals surface area contributed by atoms with Gasteiger partial charge in [0, 0.05) is 36.7 Å². The van der Waals surface area contributed by atoms with E-state index in [1.54, 1.807) is 28.0 Å². The number of rotatable bonds is 4. The van der Waals surface area contributed by atoms with Crippen LogP contribution >= 0.6 is 15.9 Å². The van der Waals surface area contributed by atoms with Crippen LogP contribution in [0.15, 0.2) is 40.9 Å². The topological polar surface area (TPSA) is 75.9 Å². The molecule has 0 atom stereocenters. The molecule has 1 aliphatic heterocycles. The summed E-state index contributed by atoms with van der Waals surface area (Å²) in [6, 6.07) is 7.50. The minimum absolute atomic E-state index is 0.0997. The van der Waals surface area contributed by atoms with Gasteiger partial charge in [-0.3, -0.25) is 14.9 Å². The molecule has 1 saturated heterocycles. The maximum Gasteiger partial charge on any atom is 0.416 e. The molecule has 2 aromatic rings. The zero-order chi connectivity index (χ0) is 22.1. The predicted molar refractivity (Wildman–Crippen MR) is 107 cm³/mol. The molecule has 160 valence electrons. The molecule has 0 aromatic heterocycles. The smallest absolute Gasteiger partial charge is 0.416 e. The van der Waals surface area contributed by atoms with Gasteiger partial charge in [-0.15, -0.1) is 0 Å². The maximum atomic E-state index is 12.9. The van der Waals surface area contributed by atoms with Crippen LogP contribution < -0.4 is 9.64 Å². The van der Waals surface area contributed by atoms with Gasteiger partial charge in [0.1, 0.15) is 11.4 Å². The number of piperazine rings is 1. The summed E-state index contributed by atoms with van der Waals surface area (Å²) < 4.78 is 44.5. The molecule has 30 heavy (non-hydrogen) atoms. The Morgan fingerprint density at radius 2 is 1.80 bits per heavy atom. The Morgan fingerprint density at radius 3 is 2.37 bits per heavy atom. The van der Waals surface area contributed by atoms with Gasteiger partial charge in [0.15, 0.2) is 0 Å². The monoisotopic (exact) mass is 487 g/mol. The fourth-order valence-electron chi connectivity index (χ4n) is 3.23. The number of carbonyl (C=O) groups excluding carboxylic acids is 1. The average Bonchev–Trinajstić information content (AvgIpc) is 2.72. The van der Waals surface area contributed by atoms with Gasteiger partial charge in [-0.1, -0.05) is 0 Å². The zero-order valence-corrected chi connectivity index (χ0v) is 17.4. The minimum atomic E-state index is -4.67. The number of nitro benzene ring substituents is 1. The van der Waals surface area contributed by atoms with Crippen molar-refractivity contribution in [3.8, 4) is 5.75 Å². The highest BCUT2D eigenvalue weighted by Gasteiger charge is 2.34. The Balaban J connectivity index is 1.77. The quantitative estimate of drug-likeness (QED) is 0.473. The van der Waals surface area contributed by atoms with Crippen LogP contribution in [0.3, 0.4) is 0 Å². The molecule has 0 radical (unpaired) electrons. The van der Waals surface area contributed by atoms with E-state index in [0.29, 0.717) is 21.9 Å². The summed E-state index contributed by atoms with van der Waals surface area (Å²) in [6.45, 7) is 1.03. The predicted octanol–water partition coefficient (Wildman–Crippen LogP) is 4.35. The van der Waals surface area contributed by atoms with Gasteiger partial charge in [0.25, 0.3) is 11.6 Å². The molecular formula is C19H17BrF3N3O4. The van der Waals surface area contributed by atoms with Gasteiger partial charge in [0.05, 0.1) is 23.2 Å². The molecule has 1 amide bonds. The first-order chi connectivity index (χ1) is 14.1. The van der Waals surface area contributed by atoms with E-state index in [1.807, 2.05) is 0 Å². The Labute approximate surface area is 178 Å². The van der Waals surface area contributed by atoms with Crippen molar-refractivity contribution in [1.82, 2.24) is 4.90 Å². The lowest BCUT2D eigenvalue weighted by Gasteiger charge is -2.36. The standard InChI is InChI=1S/C19H17BrF3N3O4/c1-30-13-3-4-15(20)14(11-13)18(27)25-8-6-24(7-9-25)16-5-2-12(19(21,22)23)10-17(16)26(28)29/h2-5,10-11H,6-9H2,1H3. The number of halogens is 4. The van der Waals surface area contributed by atoms with Crippen LogP contribution in [-0.2, 0) is 6.18 Å². The molecule has 7 nitrogen and oxygen atoms in total. The molecule has 3 rings (SSSR count). The molecule has 2 aromatic carbocycles. The van der Waals surface area contributed by atoms with E-state index in [2.05, 4.69) is 15.9 Å².